The Hall–Kier alpha value is -3.26. The molecule has 0 spiro atoms. The minimum Gasteiger partial charge on any atom is -0.453 e. The van der Waals surface area contributed by atoms with Crippen molar-refractivity contribution < 1.29 is 14.3 Å². The lowest BCUT2D eigenvalue weighted by atomic mass is 10.2. The van der Waals surface area contributed by atoms with Gasteiger partial charge in [-0.2, -0.15) is 0 Å². The largest absolute Gasteiger partial charge is 0.453 e. The van der Waals surface area contributed by atoms with Crippen LogP contribution in [0.1, 0.15) is 38.8 Å². The maximum atomic E-state index is 12.9. The summed E-state index contributed by atoms with van der Waals surface area (Å²) in [5, 5.41) is 2.71. The first-order chi connectivity index (χ1) is 15.4. The van der Waals surface area contributed by atoms with Gasteiger partial charge in [0, 0.05) is 19.2 Å². The lowest BCUT2D eigenvalue weighted by Crippen LogP contribution is -2.31. The van der Waals surface area contributed by atoms with Crippen molar-refractivity contribution in [2.75, 3.05) is 5.32 Å². The number of carbonyl (C=O) groups excluding carboxylic acids is 2. The second kappa shape index (κ2) is 10.9. The molecule has 1 atom stereocenters. The van der Waals surface area contributed by atoms with Crippen LogP contribution in [0, 0.1) is 0 Å². The molecule has 0 aliphatic rings. The van der Waals surface area contributed by atoms with Crippen molar-refractivity contribution in [3.05, 3.63) is 63.8 Å². The standard InChI is InChI=1S/C23H25ClN4O4/c1-3-4-14-28-19-10-6-5-8-16(19)26-18(23(28)31)11-12-20(29)32-15(2)22(30)27-17-9-7-13-25-21(17)24/h5-10,13,15H,3-4,11-12,14H2,1-2H3,(H,27,30)/t15-/m0/s1. The highest BCUT2D eigenvalue weighted by Gasteiger charge is 2.20. The Kier molecular flexibility index (Phi) is 7.94. The number of para-hydroxylation sites is 2. The van der Waals surface area contributed by atoms with E-state index in [1.807, 2.05) is 24.3 Å². The number of halogens is 1. The lowest BCUT2D eigenvalue weighted by molar-refractivity contribution is -0.153. The molecule has 3 rings (SSSR count). The molecule has 0 bridgehead atoms. The molecular weight excluding hydrogens is 432 g/mol. The molecule has 0 unspecified atom stereocenters. The average molecular weight is 457 g/mol. The lowest BCUT2D eigenvalue weighted by Gasteiger charge is -2.14. The maximum Gasteiger partial charge on any atom is 0.306 e. The first kappa shape index (κ1) is 23.4. The summed E-state index contributed by atoms with van der Waals surface area (Å²) in [6.07, 6.45) is 2.33. The van der Waals surface area contributed by atoms with Crippen molar-refractivity contribution in [1.29, 1.82) is 0 Å². The van der Waals surface area contributed by atoms with E-state index in [0.717, 1.165) is 18.4 Å². The molecule has 1 aromatic carbocycles. The van der Waals surface area contributed by atoms with Gasteiger partial charge >= 0.3 is 5.97 Å². The Morgan fingerprint density at radius 2 is 2.00 bits per heavy atom. The van der Waals surface area contributed by atoms with E-state index in [0.29, 0.717) is 23.4 Å². The number of anilines is 1. The molecule has 0 saturated carbocycles. The summed E-state index contributed by atoms with van der Waals surface area (Å²) in [7, 11) is 0. The second-order valence-corrected chi connectivity index (χ2v) is 7.68. The SMILES string of the molecule is CCCCn1c(=O)c(CCC(=O)O[C@@H](C)C(=O)Nc2cccnc2Cl)nc2ccccc21. The third-order valence-electron chi connectivity index (χ3n) is 4.92. The first-order valence-electron chi connectivity index (χ1n) is 10.5. The maximum absolute atomic E-state index is 12.9. The molecule has 2 aromatic heterocycles. The van der Waals surface area contributed by atoms with E-state index in [9.17, 15) is 14.4 Å². The van der Waals surface area contributed by atoms with Crippen LogP contribution in [0.5, 0.6) is 0 Å². The highest BCUT2D eigenvalue weighted by atomic mass is 35.5. The van der Waals surface area contributed by atoms with Crippen LogP contribution in [-0.4, -0.2) is 32.5 Å². The molecule has 0 aliphatic carbocycles. The van der Waals surface area contributed by atoms with Gasteiger partial charge in [0.2, 0.25) is 0 Å². The third-order valence-corrected chi connectivity index (χ3v) is 5.22. The molecule has 9 heteroatoms. The minimum absolute atomic E-state index is 0.0698. The van der Waals surface area contributed by atoms with Crippen LogP contribution in [0.2, 0.25) is 5.15 Å². The molecule has 8 nitrogen and oxygen atoms in total. The number of rotatable bonds is 9. The van der Waals surface area contributed by atoms with Gasteiger partial charge in [-0.25, -0.2) is 9.97 Å². The number of ether oxygens (including phenoxy) is 1. The number of fused-ring (bicyclic) bond motifs is 1. The normalized spacial score (nSPS) is 11.8. The van der Waals surface area contributed by atoms with Crippen molar-refractivity contribution in [3.63, 3.8) is 0 Å². The predicted octanol–water partition coefficient (Wildman–Crippen LogP) is 3.75. The van der Waals surface area contributed by atoms with Gasteiger partial charge in [-0.15, -0.1) is 0 Å². The zero-order chi connectivity index (χ0) is 23.1. The quantitative estimate of drug-likeness (QED) is 0.388. The fourth-order valence-corrected chi connectivity index (χ4v) is 3.36. The minimum atomic E-state index is -1.04. The summed E-state index contributed by atoms with van der Waals surface area (Å²) in [5.74, 6) is -1.13. The number of esters is 1. The van der Waals surface area contributed by atoms with Crippen LogP contribution >= 0.6 is 11.6 Å². The van der Waals surface area contributed by atoms with Crippen LogP contribution in [0.3, 0.4) is 0 Å². The highest BCUT2D eigenvalue weighted by molar-refractivity contribution is 6.32. The number of nitrogens with one attached hydrogen (secondary N) is 1. The summed E-state index contributed by atoms with van der Waals surface area (Å²) in [6, 6.07) is 10.7. The van der Waals surface area contributed by atoms with Crippen LogP contribution in [-0.2, 0) is 27.3 Å². The molecule has 2 heterocycles. The molecule has 1 N–H and O–H groups in total. The van der Waals surface area contributed by atoms with Gasteiger partial charge in [0.15, 0.2) is 11.3 Å². The van der Waals surface area contributed by atoms with Crippen molar-refractivity contribution in [3.8, 4) is 0 Å². The molecule has 0 radical (unpaired) electrons. The molecule has 168 valence electrons. The number of pyridine rings is 1. The molecule has 0 saturated heterocycles. The molecule has 0 fully saturated rings. The Labute approximate surface area is 190 Å². The predicted molar refractivity (Wildman–Crippen MR) is 123 cm³/mol. The van der Waals surface area contributed by atoms with Crippen LogP contribution in [0.25, 0.3) is 11.0 Å². The first-order valence-corrected chi connectivity index (χ1v) is 10.9. The van der Waals surface area contributed by atoms with Gasteiger partial charge in [0.05, 0.1) is 23.1 Å². The summed E-state index contributed by atoms with van der Waals surface area (Å²) in [6.45, 7) is 4.11. The summed E-state index contributed by atoms with van der Waals surface area (Å²) in [4.78, 5) is 45.8. The Morgan fingerprint density at radius 1 is 1.22 bits per heavy atom. The number of hydrogen-bond donors (Lipinski definition) is 1. The van der Waals surface area contributed by atoms with Crippen LogP contribution < -0.4 is 10.9 Å². The van der Waals surface area contributed by atoms with Gasteiger partial charge in [-0.05, 0) is 37.6 Å². The van der Waals surface area contributed by atoms with Gasteiger partial charge in [0.25, 0.3) is 11.5 Å². The number of nitrogens with zero attached hydrogens (tertiary/aromatic N) is 3. The molecule has 1 amide bonds. The van der Waals surface area contributed by atoms with Crippen LogP contribution in [0.4, 0.5) is 5.69 Å². The Balaban J connectivity index is 1.65. The number of aryl methyl sites for hydroxylation is 2. The number of aromatic nitrogens is 3. The fraction of sp³-hybridized carbons (Fsp3) is 0.348. The topological polar surface area (TPSA) is 103 Å². The van der Waals surface area contributed by atoms with Crippen LogP contribution in [0.15, 0.2) is 47.4 Å². The van der Waals surface area contributed by atoms with Gasteiger partial charge in [0.1, 0.15) is 5.69 Å². The Bertz CT molecular complexity index is 1180. The highest BCUT2D eigenvalue weighted by Crippen LogP contribution is 2.18. The average Bonchev–Trinajstić information content (AvgIpc) is 2.78. The molecular formula is C23H25ClN4O4. The van der Waals surface area contributed by atoms with E-state index in [1.165, 1.54) is 13.1 Å². The van der Waals surface area contributed by atoms with Gasteiger partial charge in [-0.3, -0.25) is 14.4 Å². The van der Waals surface area contributed by atoms with Crippen molar-refractivity contribution in [2.45, 2.75) is 52.2 Å². The van der Waals surface area contributed by atoms with Crippen molar-refractivity contribution in [2.24, 2.45) is 0 Å². The van der Waals surface area contributed by atoms with Gasteiger partial charge in [-0.1, -0.05) is 37.1 Å². The molecule has 3 aromatic rings. The van der Waals surface area contributed by atoms with E-state index in [4.69, 9.17) is 16.3 Å². The second-order valence-electron chi connectivity index (χ2n) is 7.32. The number of hydrogen-bond acceptors (Lipinski definition) is 6. The fourth-order valence-electron chi connectivity index (χ4n) is 3.19. The number of unbranched alkanes of at least 4 members (excludes halogenated alkanes) is 1. The molecule has 0 aliphatic heterocycles. The van der Waals surface area contributed by atoms with Crippen molar-refractivity contribution >= 4 is 40.2 Å². The third kappa shape index (κ3) is 5.70. The van der Waals surface area contributed by atoms with Gasteiger partial charge < -0.3 is 14.6 Å². The smallest absolute Gasteiger partial charge is 0.306 e. The zero-order valence-electron chi connectivity index (χ0n) is 18.0. The van der Waals surface area contributed by atoms with E-state index < -0.39 is 18.0 Å². The number of carbonyl (C=O) groups is 2. The summed E-state index contributed by atoms with van der Waals surface area (Å²) >= 11 is 5.92. The summed E-state index contributed by atoms with van der Waals surface area (Å²) < 4.78 is 6.93. The Morgan fingerprint density at radius 3 is 2.75 bits per heavy atom. The number of benzene rings is 1. The van der Waals surface area contributed by atoms with E-state index in [2.05, 4.69) is 22.2 Å². The van der Waals surface area contributed by atoms with Crippen molar-refractivity contribution in [1.82, 2.24) is 14.5 Å². The summed E-state index contributed by atoms with van der Waals surface area (Å²) in [5.41, 5.74) is 1.90. The zero-order valence-corrected chi connectivity index (χ0v) is 18.8. The number of amides is 1. The molecule has 32 heavy (non-hydrogen) atoms. The monoisotopic (exact) mass is 456 g/mol. The van der Waals surface area contributed by atoms with E-state index in [-0.39, 0.29) is 23.6 Å². The van der Waals surface area contributed by atoms with E-state index in [1.54, 1.807) is 16.7 Å². The van der Waals surface area contributed by atoms with E-state index >= 15 is 0 Å².